The minimum atomic E-state index is -0.481. The van der Waals surface area contributed by atoms with Gasteiger partial charge in [0.25, 0.3) is 5.91 Å². The van der Waals surface area contributed by atoms with E-state index >= 15 is 0 Å². The molecule has 2 aliphatic heterocycles. The number of ether oxygens (including phenoxy) is 1. The lowest BCUT2D eigenvalue weighted by Gasteiger charge is -2.65. The van der Waals surface area contributed by atoms with E-state index in [9.17, 15) is 9.18 Å². The molecule has 0 N–H and O–H groups in total. The minimum absolute atomic E-state index is 0.0480. The van der Waals surface area contributed by atoms with Crippen LogP contribution in [-0.2, 0) is 0 Å². The molecule has 0 aliphatic carbocycles. The van der Waals surface area contributed by atoms with Crippen molar-refractivity contribution in [2.75, 3.05) is 18.0 Å². The summed E-state index contributed by atoms with van der Waals surface area (Å²) in [6, 6.07) is 4.50. The zero-order valence-electron chi connectivity index (χ0n) is 27.0. The first-order valence-electron chi connectivity index (χ1n) is 15.1. The summed E-state index contributed by atoms with van der Waals surface area (Å²) < 4.78 is 20.8. The van der Waals surface area contributed by atoms with Crippen LogP contribution >= 0.6 is 0 Å². The highest BCUT2D eigenvalue weighted by Crippen LogP contribution is 2.59. The molecule has 1 amide bonds. The first-order valence-corrected chi connectivity index (χ1v) is 15.1. The molecule has 2 unspecified atom stereocenters. The van der Waals surface area contributed by atoms with Crippen LogP contribution in [0.25, 0.3) is 0 Å². The van der Waals surface area contributed by atoms with E-state index in [4.69, 9.17) is 4.74 Å². The summed E-state index contributed by atoms with van der Waals surface area (Å²) in [4.78, 5) is 29.0. The van der Waals surface area contributed by atoms with Gasteiger partial charge in [0, 0.05) is 36.1 Å². The van der Waals surface area contributed by atoms with Crippen LogP contribution in [-0.4, -0.2) is 70.3 Å². The number of aromatic nitrogens is 2. The number of carbonyl (C=O) groups excluding carboxylic acids is 1. The van der Waals surface area contributed by atoms with Crippen molar-refractivity contribution in [1.82, 2.24) is 19.7 Å². The third-order valence-electron chi connectivity index (χ3n) is 10.1. The Hall–Kier alpha value is -2.68. The molecule has 41 heavy (non-hydrogen) atoms. The van der Waals surface area contributed by atoms with Gasteiger partial charge in [-0.05, 0) is 90.0 Å². The number of amides is 1. The number of anilines is 1. The molecule has 1 aromatic heterocycles. The highest BCUT2D eigenvalue weighted by molar-refractivity contribution is 6.05. The SMILES string of the molecule is BN1C(C)CC(C)C2(CN(c3ncncc3Oc3ccc(F)cc3C(=O)N(C(C)C)C(C)C)C2)C(C)(C)CC1(C)C. The molecular weight excluding hydrogens is 516 g/mol. The van der Waals surface area contributed by atoms with Crippen LogP contribution in [0.4, 0.5) is 10.2 Å². The monoisotopic (exact) mass is 565 g/mol. The van der Waals surface area contributed by atoms with Gasteiger partial charge in [-0.1, -0.05) is 27.7 Å². The molecule has 224 valence electrons. The van der Waals surface area contributed by atoms with Crippen molar-refractivity contribution >= 4 is 19.7 Å². The Morgan fingerprint density at radius 1 is 1.10 bits per heavy atom. The van der Waals surface area contributed by atoms with Crippen molar-refractivity contribution in [3.63, 3.8) is 0 Å². The quantitative estimate of drug-likeness (QED) is 0.404. The number of hydrogen-bond donors (Lipinski definition) is 0. The van der Waals surface area contributed by atoms with Gasteiger partial charge in [-0.2, -0.15) is 0 Å². The van der Waals surface area contributed by atoms with Crippen LogP contribution in [0.2, 0.25) is 0 Å². The Bertz CT molecular complexity index is 1250. The second kappa shape index (κ2) is 11.2. The largest absolute Gasteiger partial charge is 0.451 e. The standard InChI is InChI=1S/C32H49BFN5O2/c1-20(2)38(21(3)4)29(40)25-14-24(34)11-12-26(25)41-27-15-35-19-36-28(27)37-17-32(18-37)22(5)13-23(6)39(33)31(9,10)16-30(32,7)8/h11-12,14-15,19-23H,13,16-18,33H2,1-10H3. The van der Waals surface area contributed by atoms with Crippen LogP contribution in [0.5, 0.6) is 11.5 Å². The average Bonchev–Trinajstić information content (AvgIpc) is 2.83. The summed E-state index contributed by atoms with van der Waals surface area (Å²) >= 11 is 0. The number of benzene rings is 1. The van der Waals surface area contributed by atoms with Crippen molar-refractivity contribution in [2.45, 2.75) is 106 Å². The number of hydrogen-bond acceptors (Lipinski definition) is 6. The molecule has 2 atom stereocenters. The zero-order chi connectivity index (χ0) is 30.5. The van der Waals surface area contributed by atoms with Gasteiger partial charge in [-0.3, -0.25) is 4.79 Å². The van der Waals surface area contributed by atoms with Gasteiger partial charge in [0.15, 0.2) is 19.5 Å². The van der Waals surface area contributed by atoms with Gasteiger partial charge in [0.1, 0.15) is 17.9 Å². The molecule has 1 aromatic carbocycles. The summed E-state index contributed by atoms with van der Waals surface area (Å²) in [6.07, 6.45) is 5.40. The van der Waals surface area contributed by atoms with Gasteiger partial charge in [0.05, 0.1) is 11.8 Å². The maximum Gasteiger partial charge on any atom is 0.258 e. The lowest BCUT2D eigenvalue weighted by Crippen LogP contribution is -2.69. The predicted octanol–water partition coefficient (Wildman–Crippen LogP) is 5.95. The maximum absolute atomic E-state index is 14.4. The highest BCUT2D eigenvalue weighted by Gasteiger charge is 2.59. The molecular formula is C32H49BFN5O2. The molecule has 0 saturated carbocycles. The number of nitrogens with zero attached hydrogens (tertiary/aromatic N) is 5. The molecule has 3 heterocycles. The number of rotatable bonds is 6. The Balaban J connectivity index is 1.65. The van der Waals surface area contributed by atoms with Gasteiger partial charge in [-0.25, -0.2) is 14.4 Å². The second-order valence-corrected chi connectivity index (χ2v) is 14.3. The van der Waals surface area contributed by atoms with Crippen LogP contribution in [0.3, 0.4) is 0 Å². The van der Waals surface area contributed by atoms with E-state index in [1.807, 2.05) is 27.7 Å². The molecule has 7 nitrogen and oxygen atoms in total. The van der Waals surface area contributed by atoms with Crippen molar-refractivity contribution < 1.29 is 13.9 Å². The fourth-order valence-corrected chi connectivity index (χ4v) is 7.77. The lowest BCUT2D eigenvalue weighted by atomic mass is 9.50. The smallest absolute Gasteiger partial charge is 0.258 e. The Labute approximate surface area is 247 Å². The summed E-state index contributed by atoms with van der Waals surface area (Å²) in [5.41, 5.74) is 0.499. The van der Waals surface area contributed by atoms with Crippen molar-refractivity contribution in [3.05, 3.63) is 42.1 Å². The van der Waals surface area contributed by atoms with Gasteiger partial charge >= 0.3 is 0 Å². The van der Waals surface area contributed by atoms with Gasteiger partial charge < -0.3 is 19.3 Å². The molecule has 2 aliphatic rings. The number of halogens is 1. The fraction of sp³-hybridized carbons (Fsp3) is 0.656. The normalized spacial score (nSPS) is 23.7. The third kappa shape index (κ3) is 5.71. The minimum Gasteiger partial charge on any atom is -0.451 e. The van der Waals surface area contributed by atoms with Crippen LogP contribution in [0.15, 0.2) is 30.7 Å². The van der Waals surface area contributed by atoms with E-state index in [1.165, 1.54) is 24.5 Å². The molecule has 1 spiro atoms. The van der Waals surface area contributed by atoms with Crippen molar-refractivity contribution in [3.8, 4) is 11.5 Å². The Morgan fingerprint density at radius 2 is 1.73 bits per heavy atom. The summed E-state index contributed by atoms with van der Waals surface area (Å²) in [6.45, 7) is 23.9. The molecule has 4 rings (SSSR count). The molecule has 0 radical (unpaired) electrons. The average molecular weight is 566 g/mol. The summed E-state index contributed by atoms with van der Waals surface area (Å²) in [5.74, 6) is 1.24. The van der Waals surface area contributed by atoms with E-state index in [2.05, 4.69) is 69.2 Å². The molecule has 2 aromatic rings. The fourth-order valence-electron chi connectivity index (χ4n) is 7.77. The van der Waals surface area contributed by atoms with Crippen molar-refractivity contribution in [1.29, 1.82) is 0 Å². The van der Waals surface area contributed by atoms with Gasteiger partial charge in [0.2, 0.25) is 0 Å². The third-order valence-corrected chi connectivity index (χ3v) is 10.1. The Kier molecular flexibility index (Phi) is 8.54. The molecule has 0 bridgehead atoms. The lowest BCUT2D eigenvalue weighted by molar-refractivity contribution is -0.0786. The molecule has 2 saturated heterocycles. The van der Waals surface area contributed by atoms with E-state index in [1.54, 1.807) is 11.1 Å². The summed E-state index contributed by atoms with van der Waals surface area (Å²) in [5, 5.41) is 0. The first-order chi connectivity index (χ1) is 19.0. The van der Waals surface area contributed by atoms with Gasteiger partial charge in [-0.15, -0.1) is 0 Å². The molecule has 2 fully saturated rings. The topological polar surface area (TPSA) is 61.8 Å². The highest BCUT2D eigenvalue weighted by atomic mass is 19.1. The molecule has 9 heteroatoms. The van der Waals surface area contributed by atoms with Crippen molar-refractivity contribution in [2.24, 2.45) is 16.7 Å². The maximum atomic E-state index is 14.4. The van der Waals surface area contributed by atoms with Crippen LogP contribution in [0.1, 0.15) is 92.4 Å². The second-order valence-electron chi connectivity index (χ2n) is 14.3. The van der Waals surface area contributed by atoms with E-state index in [-0.39, 0.29) is 39.9 Å². The van der Waals surface area contributed by atoms with E-state index in [0.717, 1.165) is 25.9 Å². The van der Waals surface area contributed by atoms with E-state index < -0.39 is 5.82 Å². The van der Waals surface area contributed by atoms with Crippen LogP contribution < -0.4 is 9.64 Å². The Morgan fingerprint density at radius 3 is 2.34 bits per heavy atom. The van der Waals surface area contributed by atoms with Crippen LogP contribution in [0, 0.1) is 22.6 Å². The predicted molar refractivity (Wildman–Crippen MR) is 166 cm³/mol. The number of carbonyl (C=O) groups is 1. The first kappa shape index (κ1) is 31.3. The van der Waals surface area contributed by atoms with E-state index in [0.29, 0.717) is 29.3 Å². The zero-order valence-corrected chi connectivity index (χ0v) is 27.0. The summed E-state index contributed by atoms with van der Waals surface area (Å²) in [7, 11) is 2.26.